The van der Waals surface area contributed by atoms with E-state index in [4.69, 9.17) is 22.1 Å². The van der Waals surface area contributed by atoms with E-state index in [-0.39, 0.29) is 29.0 Å². The maximum atomic E-state index is 13.3. The Bertz CT molecular complexity index is 584. The average molecular weight is 341 g/mol. The molecule has 0 aromatic heterocycles. The van der Waals surface area contributed by atoms with Crippen molar-refractivity contribution in [2.75, 3.05) is 19.7 Å². The molecule has 6 heteroatoms. The largest absolute Gasteiger partial charge is 0.370 e. The van der Waals surface area contributed by atoms with Gasteiger partial charge < -0.3 is 15.4 Å². The smallest absolute Gasteiger partial charge is 0.225 e. The Morgan fingerprint density at radius 2 is 2.22 bits per heavy atom. The lowest BCUT2D eigenvalue weighted by Gasteiger charge is -2.37. The van der Waals surface area contributed by atoms with Gasteiger partial charge in [-0.25, -0.2) is 4.39 Å². The van der Waals surface area contributed by atoms with E-state index in [9.17, 15) is 9.18 Å². The number of carbonyl (C=O) groups excluding carboxylic acids is 1. The number of nitrogens with two attached hydrogens (primary N) is 1. The molecule has 1 amide bonds. The van der Waals surface area contributed by atoms with Crippen LogP contribution in [0.15, 0.2) is 18.2 Å². The molecule has 1 aliphatic heterocycles. The van der Waals surface area contributed by atoms with Crippen LogP contribution in [0.2, 0.25) is 5.02 Å². The van der Waals surface area contributed by atoms with Gasteiger partial charge in [0, 0.05) is 18.5 Å². The summed E-state index contributed by atoms with van der Waals surface area (Å²) in [6.07, 6.45) is 3.44. The molecule has 0 bridgehead atoms. The fourth-order valence-electron chi connectivity index (χ4n) is 3.47. The third-order valence-corrected chi connectivity index (χ3v) is 5.05. The van der Waals surface area contributed by atoms with Crippen LogP contribution in [0.1, 0.15) is 37.4 Å². The van der Waals surface area contributed by atoms with Crippen LogP contribution in [0, 0.1) is 11.7 Å². The van der Waals surface area contributed by atoms with Gasteiger partial charge in [-0.15, -0.1) is 0 Å². The molecule has 1 saturated heterocycles. The fraction of sp³-hybridized carbons (Fsp3) is 0.588. The second-order valence-corrected chi connectivity index (χ2v) is 6.85. The van der Waals surface area contributed by atoms with Crippen LogP contribution in [0.3, 0.4) is 0 Å². The van der Waals surface area contributed by atoms with Crippen molar-refractivity contribution in [3.05, 3.63) is 34.6 Å². The molecule has 3 atom stereocenters. The predicted molar refractivity (Wildman–Crippen MR) is 86.6 cm³/mol. The molecular weight excluding hydrogens is 319 g/mol. The number of hydrogen-bond acceptors (Lipinski definition) is 3. The van der Waals surface area contributed by atoms with Crippen molar-refractivity contribution in [2.24, 2.45) is 11.7 Å². The number of morpholine rings is 1. The minimum Gasteiger partial charge on any atom is -0.370 e. The van der Waals surface area contributed by atoms with Crippen molar-refractivity contribution in [1.82, 2.24) is 4.90 Å². The number of amides is 1. The van der Waals surface area contributed by atoms with Crippen molar-refractivity contribution < 1.29 is 13.9 Å². The predicted octanol–water partition coefficient (Wildman–Crippen LogP) is 2.90. The zero-order valence-corrected chi connectivity index (χ0v) is 13.8. The summed E-state index contributed by atoms with van der Waals surface area (Å²) in [6, 6.07) is 4.70. The van der Waals surface area contributed by atoms with Crippen LogP contribution in [-0.4, -0.2) is 36.5 Å². The van der Waals surface area contributed by atoms with Gasteiger partial charge in [-0.05, 0) is 37.0 Å². The van der Waals surface area contributed by atoms with Crippen LogP contribution < -0.4 is 5.73 Å². The molecule has 23 heavy (non-hydrogen) atoms. The number of benzene rings is 1. The van der Waals surface area contributed by atoms with Gasteiger partial charge in [0.05, 0.1) is 18.2 Å². The van der Waals surface area contributed by atoms with Gasteiger partial charge in [-0.1, -0.05) is 24.1 Å². The van der Waals surface area contributed by atoms with Gasteiger partial charge in [-0.2, -0.15) is 0 Å². The molecule has 126 valence electrons. The Kier molecular flexibility index (Phi) is 5.19. The van der Waals surface area contributed by atoms with E-state index < -0.39 is 5.82 Å². The summed E-state index contributed by atoms with van der Waals surface area (Å²) < 4.78 is 19.0. The SMILES string of the molecule is NC1CCCC(C(=O)N2CCOC(c3ccc(F)c(Cl)c3)C2)C1. The minimum atomic E-state index is -0.449. The highest BCUT2D eigenvalue weighted by molar-refractivity contribution is 6.30. The second-order valence-electron chi connectivity index (χ2n) is 6.44. The molecule has 2 aliphatic rings. The number of nitrogens with zero attached hydrogens (tertiary/aromatic N) is 1. The normalized spacial score (nSPS) is 28.7. The quantitative estimate of drug-likeness (QED) is 0.900. The monoisotopic (exact) mass is 340 g/mol. The Balaban J connectivity index is 1.67. The molecule has 0 spiro atoms. The molecule has 1 saturated carbocycles. The number of rotatable bonds is 2. The lowest BCUT2D eigenvalue weighted by atomic mass is 9.85. The van der Waals surface area contributed by atoms with Gasteiger partial charge in [0.2, 0.25) is 5.91 Å². The summed E-state index contributed by atoms with van der Waals surface area (Å²) in [5.41, 5.74) is 6.80. The highest BCUT2D eigenvalue weighted by atomic mass is 35.5. The summed E-state index contributed by atoms with van der Waals surface area (Å²) in [5.74, 6) is -0.258. The van der Waals surface area contributed by atoms with E-state index >= 15 is 0 Å². The van der Waals surface area contributed by atoms with Crippen LogP contribution >= 0.6 is 11.6 Å². The zero-order chi connectivity index (χ0) is 16.4. The lowest BCUT2D eigenvalue weighted by molar-refractivity contribution is -0.144. The first-order valence-electron chi connectivity index (χ1n) is 8.15. The number of hydrogen-bond donors (Lipinski definition) is 1. The summed E-state index contributed by atoms with van der Waals surface area (Å²) in [6.45, 7) is 1.55. The molecule has 4 nitrogen and oxygen atoms in total. The summed E-state index contributed by atoms with van der Waals surface area (Å²) in [5, 5.41) is 0.0767. The minimum absolute atomic E-state index is 0.0225. The third-order valence-electron chi connectivity index (χ3n) is 4.76. The maximum absolute atomic E-state index is 13.3. The molecule has 1 heterocycles. The van der Waals surface area contributed by atoms with Crippen molar-refractivity contribution in [3.8, 4) is 0 Å². The highest BCUT2D eigenvalue weighted by Crippen LogP contribution is 2.29. The number of carbonyl (C=O) groups is 1. The lowest BCUT2D eigenvalue weighted by Crippen LogP contribution is -2.46. The standard InChI is InChI=1S/C17H22ClFN2O2/c18-14-9-11(4-5-15(14)19)16-10-21(6-7-23-16)17(22)12-2-1-3-13(20)8-12/h4-5,9,12-13,16H,1-3,6-8,10,20H2. The molecule has 2 fully saturated rings. The highest BCUT2D eigenvalue weighted by Gasteiger charge is 2.32. The second kappa shape index (κ2) is 7.16. The molecular formula is C17H22ClFN2O2. The topological polar surface area (TPSA) is 55.6 Å². The Labute approximate surface area is 140 Å². The van der Waals surface area contributed by atoms with E-state index in [2.05, 4.69) is 0 Å². The molecule has 2 N–H and O–H groups in total. The Hall–Kier alpha value is -1.17. The van der Waals surface area contributed by atoms with E-state index in [1.165, 1.54) is 6.07 Å². The molecule has 3 unspecified atom stereocenters. The first-order valence-corrected chi connectivity index (χ1v) is 8.53. The summed E-state index contributed by atoms with van der Waals surface area (Å²) in [4.78, 5) is 14.6. The molecule has 3 rings (SSSR count). The fourth-order valence-corrected chi connectivity index (χ4v) is 3.66. The van der Waals surface area contributed by atoms with Gasteiger partial charge in [0.1, 0.15) is 11.9 Å². The summed E-state index contributed by atoms with van der Waals surface area (Å²) in [7, 11) is 0. The first-order chi connectivity index (χ1) is 11.0. The van der Waals surface area contributed by atoms with Gasteiger partial charge >= 0.3 is 0 Å². The van der Waals surface area contributed by atoms with Crippen LogP contribution in [-0.2, 0) is 9.53 Å². The van der Waals surface area contributed by atoms with E-state index in [0.717, 1.165) is 31.2 Å². The Morgan fingerprint density at radius 3 is 2.96 bits per heavy atom. The molecule has 0 radical (unpaired) electrons. The van der Waals surface area contributed by atoms with Crippen molar-refractivity contribution in [1.29, 1.82) is 0 Å². The van der Waals surface area contributed by atoms with Crippen LogP contribution in [0.5, 0.6) is 0 Å². The molecule has 1 aromatic rings. The van der Waals surface area contributed by atoms with Gasteiger partial charge in [0.15, 0.2) is 0 Å². The zero-order valence-electron chi connectivity index (χ0n) is 13.0. The van der Waals surface area contributed by atoms with Gasteiger partial charge in [-0.3, -0.25) is 4.79 Å². The van der Waals surface area contributed by atoms with Crippen molar-refractivity contribution in [3.63, 3.8) is 0 Å². The van der Waals surface area contributed by atoms with Crippen LogP contribution in [0.4, 0.5) is 4.39 Å². The summed E-state index contributed by atoms with van der Waals surface area (Å²) >= 11 is 5.84. The molecule has 1 aromatic carbocycles. The maximum Gasteiger partial charge on any atom is 0.225 e. The van der Waals surface area contributed by atoms with E-state index in [1.807, 2.05) is 4.90 Å². The van der Waals surface area contributed by atoms with Gasteiger partial charge in [0.25, 0.3) is 0 Å². The average Bonchev–Trinajstić information content (AvgIpc) is 2.57. The van der Waals surface area contributed by atoms with E-state index in [0.29, 0.717) is 19.7 Å². The van der Waals surface area contributed by atoms with Crippen molar-refractivity contribution >= 4 is 17.5 Å². The first kappa shape index (κ1) is 16.7. The number of halogens is 2. The van der Waals surface area contributed by atoms with E-state index in [1.54, 1.807) is 12.1 Å². The number of ether oxygens (including phenoxy) is 1. The van der Waals surface area contributed by atoms with Crippen LogP contribution in [0.25, 0.3) is 0 Å². The Morgan fingerprint density at radius 1 is 1.39 bits per heavy atom. The van der Waals surface area contributed by atoms with Crippen molar-refractivity contribution in [2.45, 2.75) is 37.8 Å². The third kappa shape index (κ3) is 3.84. The molecule has 1 aliphatic carbocycles.